The normalized spacial score (nSPS) is 11.4. The molecule has 9 heteroatoms. The van der Waals surface area contributed by atoms with Gasteiger partial charge < -0.3 is 0 Å². The summed E-state index contributed by atoms with van der Waals surface area (Å²) in [7, 11) is -3.67. The van der Waals surface area contributed by atoms with E-state index in [1.54, 1.807) is 17.4 Å². The molecule has 0 radical (unpaired) electrons. The second-order valence-electron chi connectivity index (χ2n) is 3.72. The Morgan fingerprint density at radius 1 is 1.20 bits per heavy atom. The van der Waals surface area contributed by atoms with Gasteiger partial charge in [0.2, 0.25) is 5.13 Å². The van der Waals surface area contributed by atoms with Gasteiger partial charge in [-0.25, -0.2) is 8.42 Å². The molecule has 0 amide bonds. The Kier molecular flexibility index (Phi) is 3.47. The number of sulfonamides is 1. The molecule has 0 saturated carbocycles. The summed E-state index contributed by atoms with van der Waals surface area (Å²) in [6.07, 6.45) is 2.79. The minimum atomic E-state index is -3.67. The van der Waals surface area contributed by atoms with Crippen molar-refractivity contribution in [2.45, 2.75) is 4.90 Å². The van der Waals surface area contributed by atoms with Crippen LogP contribution in [-0.2, 0) is 10.0 Å². The Balaban J connectivity index is 1.85. The predicted molar refractivity (Wildman–Crippen MR) is 78.3 cm³/mol. The van der Waals surface area contributed by atoms with Crippen molar-refractivity contribution in [1.82, 2.24) is 15.2 Å². The number of hydrogen-bond acceptors (Lipinski definition) is 7. The fraction of sp³-hybridized carbons (Fsp3) is 0. The molecular formula is C11H8N4O2S3. The van der Waals surface area contributed by atoms with E-state index < -0.39 is 10.0 Å². The molecule has 0 saturated heterocycles. The van der Waals surface area contributed by atoms with E-state index >= 15 is 0 Å². The number of hydrogen-bond donors (Lipinski definition) is 1. The zero-order chi connectivity index (χ0) is 14.0. The van der Waals surface area contributed by atoms with Crippen LogP contribution >= 0.6 is 22.7 Å². The van der Waals surface area contributed by atoms with Gasteiger partial charge >= 0.3 is 0 Å². The van der Waals surface area contributed by atoms with Crippen molar-refractivity contribution < 1.29 is 8.42 Å². The summed E-state index contributed by atoms with van der Waals surface area (Å²) >= 11 is 2.73. The molecule has 1 N–H and O–H groups in total. The standard InChI is InChI=1S/C11H8N4O2S3/c16-20(17,9-2-1-4-12-6-9)15-11-14-13-10(19-11)8-3-5-18-7-8/h1-7H,(H,14,15). The number of aromatic nitrogens is 3. The molecule has 0 aliphatic rings. The van der Waals surface area contributed by atoms with Crippen molar-refractivity contribution in [3.63, 3.8) is 0 Å². The molecule has 3 heterocycles. The van der Waals surface area contributed by atoms with Crippen LogP contribution in [0.4, 0.5) is 5.13 Å². The Morgan fingerprint density at radius 2 is 2.10 bits per heavy atom. The van der Waals surface area contributed by atoms with Crippen LogP contribution in [0.25, 0.3) is 10.6 Å². The minimum absolute atomic E-state index is 0.0901. The molecule has 0 spiro atoms. The van der Waals surface area contributed by atoms with E-state index in [0.29, 0.717) is 5.01 Å². The summed E-state index contributed by atoms with van der Waals surface area (Å²) in [5.74, 6) is 0. The summed E-state index contributed by atoms with van der Waals surface area (Å²) in [4.78, 5) is 3.88. The maximum atomic E-state index is 12.1. The van der Waals surface area contributed by atoms with Crippen LogP contribution in [0.3, 0.4) is 0 Å². The summed E-state index contributed by atoms with van der Waals surface area (Å²) in [5.41, 5.74) is 0.930. The highest BCUT2D eigenvalue weighted by atomic mass is 32.2. The van der Waals surface area contributed by atoms with Gasteiger partial charge in [-0.15, -0.1) is 10.2 Å². The van der Waals surface area contributed by atoms with Crippen LogP contribution in [0.5, 0.6) is 0 Å². The monoisotopic (exact) mass is 324 g/mol. The van der Waals surface area contributed by atoms with Gasteiger partial charge in [-0.2, -0.15) is 11.3 Å². The third-order valence-electron chi connectivity index (χ3n) is 2.36. The van der Waals surface area contributed by atoms with Crippen molar-refractivity contribution in [2.24, 2.45) is 0 Å². The van der Waals surface area contributed by atoms with Gasteiger partial charge in [-0.1, -0.05) is 11.3 Å². The molecule has 20 heavy (non-hydrogen) atoms. The Bertz CT molecular complexity index is 797. The van der Waals surface area contributed by atoms with Crippen LogP contribution in [0, 0.1) is 0 Å². The van der Waals surface area contributed by atoms with Crippen molar-refractivity contribution in [2.75, 3.05) is 4.72 Å². The topological polar surface area (TPSA) is 84.8 Å². The summed E-state index contributed by atoms with van der Waals surface area (Å²) < 4.78 is 26.6. The lowest BCUT2D eigenvalue weighted by atomic mass is 10.4. The lowest BCUT2D eigenvalue weighted by molar-refractivity contribution is 0.600. The molecule has 6 nitrogen and oxygen atoms in total. The molecule has 0 bridgehead atoms. The predicted octanol–water partition coefficient (Wildman–Crippen LogP) is 2.46. The van der Waals surface area contributed by atoms with E-state index in [1.165, 1.54) is 29.8 Å². The Labute approximate surface area is 123 Å². The number of thiophene rings is 1. The molecule has 0 aromatic carbocycles. The Hall–Kier alpha value is -1.84. The molecule has 3 rings (SSSR count). The number of rotatable bonds is 4. The van der Waals surface area contributed by atoms with Crippen molar-refractivity contribution in [3.8, 4) is 10.6 Å². The second-order valence-corrected chi connectivity index (χ2v) is 7.16. The van der Waals surface area contributed by atoms with E-state index in [1.807, 2.05) is 16.8 Å². The summed E-state index contributed by atoms with van der Waals surface area (Å²) in [5, 5.41) is 12.6. The first kappa shape index (κ1) is 13.2. The third kappa shape index (κ3) is 2.69. The van der Waals surface area contributed by atoms with Gasteiger partial charge in [0.15, 0.2) is 0 Å². The zero-order valence-electron chi connectivity index (χ0n) is 9.92. The highest BCUT2D eigenvalue weighted by molar-refractivity contribution is 7.93. The molecule has 0 aliphatic carbocycles. The van der Waals surface area contributed by atoms with Crippen molar-refractivity contribution >= 4 is 37.8 Å². The average Bonchev–Trinajstić information content (AvgIpc) is 3.10. The minimum Gasteiger partial charge on any atom is -0.263 e. The second kappa shape index (κ2) is 5.27. The highest BCUT2D eigenvalue weighted by Crippen LogP contribution is 2.28. The highest BCUT2D eigenvalue weighted by Gasteiger charge is 2.17. The van der Waals surface area contributed by atoms with E-state index in [4.69, 9.17) is 0 Å². The molecule has 0 aliphatic heterocycles. The number of nitrogens with zero attached hydrogens (tertiary/aromatic N) is 3. The lowest BCUT2D eigenvalue weighted by Crippen LogP contribution is -2.12. The van der Waals surface area contributed by atoms with Gasteiger partial charge in [-0.3, -0.25) is 9.71 Å². The number of pyridine rings is 1. The van der Waals surface area contributed by atoms with Crippen LogP contribution in [0.2, 0.25) is 0 Å². The quantitative estimate of drug-likeness (QED) is 0.797. The van der Waals surface area contributed by atoms with Gasteiger partial charge in [0.05, 0.1) is 0 Å². The smallest absolute Gasteiger partial charge is 0.263 e. The lowest BCUT2D eigenvalue weighted by Gasteiger charge is -2.02. The maximum Gasteiger partial charge on any atom is 0.265 e. The molecule has 102 valence electrons. The average molecular weight is 324 g/mol. The molecule has 0 atom stereocenters. The molecule has 0 fully saturated rings. The van der Waals surface area contributed by atoms with Crippen LogP contribution in [0.15, 0.2) is 46.2 Å². The van der Waals surface area contributed by atoms with Crippen LogP contribution < -0.4 is 4.72 Å². The zero-order valence-corrected chi connectivity index (χ0v) is 12.4. The van der Waals surface area contributed by atoms with Crippen LogP contribution in [0.1, 0.15) is 0 Å². The SMILES string of the molecule is O=S(=O)(Nc1nnc(-c2ccsc2)s1)c1cccnc1. The third-order valence-corrected chi connectivity index (χ3v) is 5.38. The molecule has 0 unspecified atom stereocenters. The fourth-order valence-electron chi connectivity index (χ4n) is 1.45. The van der Waals surface area contributed by atoms with Crippen molar-refractivity contribution in [3.05, 3.63) is 41.4 Å². The van der Waals surface area contributed by atoms with Crippen molar-refractivity contribution in [1.29, 1.82) is 0 Å². The number of nitrogens with one attached hydrogen (secondary N) is 1. The van der Waals surface area contributed by atoms with E-state index in [0.717, 1.165) is 5.56 Å². The summed E-state index contributed by atoms with van der Waals surface area (Å²) in [6.45, 7) is 0. The largest absolute Gasteiger partial charge is 0.265 e. The van der Waals surface area contributed by atoms with Gasteiger partial charge in [0.1, 0.15) is 9.90 Å². The Morgan fingerprint density at radius 3 is 2.80 bits per heavy atom. The van der Waals surface area contributed by atoms with Gasteiger partial charge in [-0.05, 0) is 23.6 Å². The first-order valence-corrected chi connectivity index (χ1v) is 8.68. The molecular weight excluding hydrogens is 316 g/mol. The molecule has 3 aromatic heterocycles. The van der Waals surface area contributed by atoms with E-state index in [-0.39, 0.29) is 10.0 Å². The first-order chi connectivity index (χ1) is 9.65. The van der Waals surface area contributed by atoms with Gasteiger partial charge in [0.25, 0.3) is 10.0 Å². The first-order valence-electron chi connectivity index (χ1n) is 5.44. The van der Waals surface area contributed by atoms with E-state index in [9.17, 15) is 8.42 Å². The van der Waals surface area contributed by atoms with Crippen LogP contribution in [-0.4, -0.2) is 23.6 Å². The fourth-order valence-corrected chi connectivity index (χ4v) is 4.10. The molecule has 3 aromatic rings. The maximum absolute atomic E-state index is 12.1. The summed E-state index contributed by atoms with van der Waals surface area (Å²) in [6, 6.07) is 4.94. The van der Waals surface area contributed by atoms with Gasteiger partial charge in [0, 0.05) is 23.3 Å². The number of anilines is 1. The van der Waals surface area contributed by atoms with E-state index in [2.05, 4.69) is 19.9 Å².